The molecule has 0 radical (unpaired) electrons. The zero-order valence-electron chi connectivity index (χ0n) is 10.6. The maximum absolute atomic E-state index is 13.9. The van der Waals surface area contributed by atoms with E-state index in [2.05, 4.69) is 11.8 Å². The van der Waals surface area contributed by atoms with Crippen LogP contribution in [0.25, 0.3) is 0 Å². The third kappa shape index (κ3) is 3.98. The molecule has 0 fully saturated rings. The zero-order valence-corrected chi connectivity index (χ0v) is 10.6. The van der Waals surface area contributed by atoms with Crippen LogP contribution in [0.15, 0.2) is 18.2 Å². The van der Waals surface area contributed by atoms with Crippen LogP contribution in [0, 0.1) is 5.82 Å². The summed E-state index contributed by atoms with van der Waals surface area (Å²) in [5.74, 6) is 0.0403. The van der Waals surface area contributed by atoms with Gasteiger partial charge in [-0.05, 0) is 32.1 Å². The van der Waals surface area contributed by atoms with E-state index in [-0.39, 0.29) is 5.82 Å². The summed E-state index contributed by atoms with van der Waals surface area (Å²) in [6, 6.07) is 5.24. The monoisotopic (exact) mass is 240 g/mol. The summed E-state index contributed by atoms with van der Waals surface area (Å²) >= 11 is 0. The number of hydrogen-bond acceptors (Lipinski definition) is 3. The first kappa shape index (κ1) is 13.9. The van der Waals surface area contributed by atoms with Crippen molar-refractivity contribution in [1.82, 2.24) is 4.90 Å². The topological polar surface area (TPSA) is 38.5 Å². The van der Waals surface area contributed by atoms with Gasteiger partial charge >= 0.3 is 0 Å². The third-order valence-electron chi connectivity index (χ3n) is 2.78. The summed E-state index contributed by atoms with van der Waals surface area (Å²) in [5.41, 5.74) is 6.15. The second-order valence-electron chi connectivity index (χ2n) is 3.94. The first-order chi connectivity index (χ1) is 8.22. The molecule has 1 aromatic rings. The molecule has 0 saturated heterocycles. The van der Waals surface area contributed by atoms with Crippen molar-refractivity contribution >= 4 is 0 Å². The van der Waals surface area contributed by atoms with Crippen molar-refractivity contribution in [2.45, 2.75) is 19.9 Å². The van der Waals surface area contributed by atoms with Crippen molar-refractivity contribution in [3.63, 3.8) is 0 Å². The van der Waals surface area contributed by atoms with Gasteiger partial charge < -0.3 is 10.5 Å². The summed E-state index contributed by atoms with van der Waals surface area (Å²) in [6.07, 6.45) is 0.930. The second kappa shape index (κ2) is 7.25. The first-order valence-corrected chi connectivity index (χ1v) is 5.96. The second-order valence-corrected chi connectivity index (χ2v) is 3.94. The standard InChI is InChI=1S/C13H21FN2O/c1-3-16(9-5-8-15)10-11-6-4-7-12(17-2)13(11)14/h4,6-7H,3,5,8-10,15H2,1-2H3. The highest BCUT2D eigenvalue weighted by atomic mass is 19.1. The average molecular weight is 240 g/mol. The SMILES string of the molecule is CCN(CCCN)Cc1cccc(OC)c1F. The van der Waals surface area contributed by atoms with Gasteiger partial charge in [-0.2, -0.15) is 0 Å². The van der Waals surface area contributed by atoms with Crippen LogP contribution in [0.4, 0.5) is 4.39 Å². The Morgan fingerprint density at radius 2 is 2.18 bits per heavy atom. The molecule has 0 atom stereocenters. The van der Waals surface area contributed by atoms with Crippen LogP contribution in [0.1, 0.15) is 18.9 Å². The lowest BCUT2D eigenvalue weighted by atomic mass is 10.2. The fourth-order valence-corrected chi connectivity index (χ4v) is 1.74. The zero-order chi connectivity index (χ0) is 12.7. The predicted octanol–water partition coefficient (Wildman–Crippen LogP) is 2.00. The van der Waals surface area contributed by atoms with Gasteiger partial charge in [-0.3, -0.25) is 4.90 Å². The van der Waals surface area contributed by atoms with Gasteiger partial charge in [0.1, 0.15) is 0 Å². The molecule has 0 aliphatic carbocycles. The van der Waals surface area contributed by atoms with Crippen molar-refractivity contribution in [3.05, 3.63) is 29.6 Å². The fourth-order valence-electron chi connectivity index (χ4n) is 1.74. The molecule has 1 rings (SSSR count). The van der Waals surface area contributed by atoms with E-state index >= 15 is 0 Å². The van der Waals surface area contributed by atoms with Gasteiger partial charge in [0, 0.05) is 12.1 Å². The van der Waals surface area contributed by atoms with Crippen molar-refractivity contribution in [2.24, 2.45) is 5.73 Å². The van der Waals surface area contributed by atoms with E-state index in [9.17, 15) is 4.39 Å². The molecule has 3 nitrogen and oxygen atoms in total. The minimum absolute atomic E-state index is 0.263. The van der Waals surface area contributed by atoms with Gasteiger partial charge in [-0.1, -0.05) is 19.1 Å². The van der Waals surface area contributed by atoms with E-state index in [1.165, 1.54) is 7.11 Å². The van der Waals surface area contributed by atoms with Gasteiger partial charge in [0.2, 0.25) is 0 Å². The summed E-state index contributed by atoms with van der Waals surface area (Å²) in [6.45, 7) is 5.10. The third-order valence-corrected chi connectivity index (χ3v) is 2.78. The first-order valence-electron chi connectivity index (χ1n) is 5.96. The lowest BCUT2D eigenvalue weighted by molar-refractivity contribution is 0.272. The Morgan fingerprint density at radius 1 is 1.41 bits per heavy atom. The van der Waals surface area contributed by atoms with E-state index in [0.29, 0.717) is 24.4 Å². The number of methoxy groups -OCH3 is 1. The highest BCUT2D eigenvalue weighted by Crippen LogP contribution is 2.21. The Balaban J connectivity index is 2.72. The molecule has 0 aromatic heterocycles. The average Bonchev–Trinajstić information content (AvgIpc) is 2.36. The number of benzene rings is 1. The highest BCUT2D eigenvalue weighted by Gasteiger charge is 2.11. The number of ether oxygens (including phenoxy) is 1. The van der Waals surface area contributed by atoms with Crippen LogP contribution in [0.3, 0.4) is 0 Å². The molecule has 0 bridgehead atoms. The number of nitrogens with two attached hydrogens (primary N) is 1. The molecule has 0 aliphatic heterocycles. The quantitative estimate of drug-likeness (QED) is 0.792. The highest BCUT2D eigenvalue weighted by molar-refractivity contribution is 5.30. The molecule has 0 saturated carbocycles. The van der Waals surface area contributed by atoms with E-state index < -0.39 is 0 Å². The molecule has 0 amide bonds. The van der Waals surface area contributed by atoms with Crippen LogP contribution in [-0.4, -0.2) is 31.6 Å². The molecule has 0 heterocycles. The lowest BCUT2D eigenvalue weighted by Crippen LogP contribution is -2.26. The normalized spacial score (nSPS) is 10.9. The van der Waals surface area contributed by atoms with Gasteiger partial charge in [0.25, 0.3) is 0 Å². The molecular weight excluding hydrogens is 219 g/mol. The number of nitrogens with zero attached hydrogens (tertiary/aromatic N) is 1. The molecule has 2 N–H and O–H groups in total. The van der Waals surface area contributed by atoms with Crippen LogP contribution in [0.2, 0.25) is 0 Å². The Hall–Kier alpha value is -1.13. The minimum atomic E-state index is -0.263. The van der Waals surface area contributed by atoms with E-state index in [4.69, 9.17) is 10.5 Å². The van der Waals surface area contributed by atoms with Crippen molar-refractivity contribution in [2.75, 3.05) is 26.7 Å². The van der Waals surface area contributed by atoms with Gasteiger partial charge in [-0.15, -0.1) is 0 Å². The summed E-state index contributed by atoms with van der Waals surface area (Å²) in [7, 11) is 1.48. The lowest BCUT2D eigenvalue weighted by Gasteiger charge is -2.20. The Labute approximate surface area is 102 Å². The molecule has 4 heteroatoms. The molecule has 0 unspecified atom stereocenters. The number of rotatable bonds is 7. The Kier molecular flexibility index (Phi) is 5.94. The van der Waals surface area contributed by atoms with Crippen LogP contribution < -0.4 is 10.5 Å². The van der Waals surface area contributed by atoms with E-state index in [1.54, 1.807) is 12.1 Å². The Morgan fingerprint density at radius 3 is 2.76 bits per heavy atom. The van der Waals surface area contributed by atoms with Crippen LogP contribution in [0.5, 0.6) is 5.75 Å². The molecule has 1 aromatic carbocycles. The molecule has 0 spiro atoms. The largest absolute Gasteiger partial charge is 0.494 e. The summed E-state index contributed by atoms with van der Waals surface area (Å²) in [5, 5.41) is 0. The van der Waals surface area contributed by atoms with Gasteiger partial charge in [0.05, 0.1) is 7.11 Å². The molecule has 0 aliphatic rings. The van der Waals surface area contributed by atoms with Gasteiger partial charge in [0.15, 0.2) is 11.6 Å². The van der Waals surface area contributed by atoms with Crippen molar-refractivity contribution in [3.8, 4) is 5.75 Å². The maximum atomic E-state index is 13.9. The molecule has 96 valence electrons. The van der Waals surface area contributed by atoms with Crippen LogP contribution >= 0.6 is 0 Å². The van der Waals surface area contributed by atoms with Gasteiger partial charge in [-0.25, -0.2) is 4.39 Å². The summed E-state index contributed by atoms with van der Waals surface area (Å²) < 4.78 is 18.9. The van der Waals surface area contributed by atoms with Crippen molar-refractivity contribution < 1.29 is 9.13 Å². The van der Waals surface area contributed by atoms with E-state index in [0.717, 1.165) is 19.5 Å². The molecule has 17 heavy (non-hydrogen) atoms. The smallest absolute Gasteiger partial charge is 0.169 e. The van der Waals surface area contributed by atoms with E-state index in [1.807, 2.05) is 6.07 Å². The minimum Gasteiger partial charge on any atom is -0.494 e. The summed E-state index contributed by atoms with van der Waals surface area (Å²) in [4.78, 5) is 2.17. The maximum Gasteiger partial charge on any atom is 0.169 e. The fraction of sp³-hybridized carbons (Fsp3) is 0.538. The van der Waals surface area contributed by atoms with Crippen molar-refractivity contribution in [1.29, 1.82) is 0 Å². The van der Waals surface area contributed by atoms with Crippen LogP contribution in [-0.2, 0) is 6.54 Å². The molecular formula is C13H21FN2O. The number of halogens is 1. The predicted molar refractivity (Wildman–Crippen MR) is 67.6 cm³/mol. The number of hydrogen-bond donors (Lipinski definition) is 1. The Bertz CT molecular complexity index is 344.